The molecule has 2 heterocycles. The van der Waals surface area contributed by atoms with Crippen LogP contribution in [-0.4, -0.2) is 19.1 Å². The largest absolute Gasteiger partial charge is 0.319 e. The van der Waals surface area contributed by atoms with Crippen molar-refractivity contribution in [2.45, 2.75) is 13.1 Å². The van der Waals surface area contributed by atoms with Gasteiger partial charge in [-0.15, -0.1) is 0 Å². The summed E-state index contributed by atoms with van der Waals surface area (Å²) in [6.07, 6.45) is 0. The molecule has 0 aliphatic carbocycles. The van der Waals surface area contributed by atoms with Gasteiger partial charge in [0.15, 0.2) is 0 Å². The van der Waals surface area contributed by atoms with E-state index in [4.69, 9.17) is 9.97 Å². The van der Waals surface area contributed by atoms with E-state index in [1.165, 1.54) is 54.9 Å². The van der Waals surface area contributed by atoms with Gasteiger partial charge in [-0.05, 0) is 91.3 Å². The van der Waals surface area contributed by atoms with Gasteiger partial charge in [0.05, 0.1) is 22.1 Å². The van der Waals surface area contributed by atoms with Crippen LogP contribution in [-0.2, 0) is 13.1 Å². The van der Waals surface area contributed by atoms with Crippen molar-refractivity contribution >= 4 is 43.6 Å². The molecule has 0 N–H and O–H groups in total. The molecule has 274 valence electrons. The van der Waals surface area contributed by atoms with Crippen molar-refractivity contribution in [3.05, 3.63) is 217 Å². The van der Waals surface area contributed by atoms with Crippen molar-refractivity contribution in [3.63, 3.8) is 0 Å². The second-order valence-electron chi connectivity index (χ2n) is 15.0. The van der Waals surface area contributed by atoms with Crippen molar-refractivity contribution in [2.75, 3.05) is 0 Å². The van der Waals surface area contributed by atoms with E-state index in [1.54, 1.807) is 0 Å². The zero-order valence-corrected chi connectivity index (χ0v) is 31.8. The summed E-state index contributed by atoms with van der Waals surface area (Å²) in [7, 11) is 0. The number of hydrogen-bond donors (Lipinski definition) is 0. The van der Waals surface area contributed by atoms with E-state index in [9.17, 15) is 0 Å². The SMILES string of the molecule is c1ccc(-c2c3ccc(Cn4c(-c5ccccc5)nc5ccccc54)cc3c(-c3ccccc3)c3ccc(Cn4c(-c5ccccc5)nc5ccccc54)cc23)cc1. The van der Waals surface area contributed by atoms with Crippen LogP contribution in [0.15, 0.2) is 206 Å². The van der Waals surface area contributed by atoms with Crippen molar-refractivity contribution in [2.24, 2.45) is 0 Å². The van der Waals surface area contributed by atoms with Crippen LogP contribution in [0.4, 0.5) is 0 Å². The van der Waals surface area contributed by atoms with E-state index in [1.807, 2.05) is 0 Å². The van der Waals surface area contributed by atoms with E-state index < -0.39 is 0 Å². The normalized spacial score (nSPS) is 11.6. The summed E-state index contributed by atoms with van der Waals surface area (Å²) in [4.78, 5) is 10.3. The smallest absolute Gasteiger partial charge is 0.141 e. The Bertz CT molecular complexity index is 3030. The van der Waals surface area contributed by atoms with E-state index in [0.717, 1.165) is 44.8 Å². The average molecular weight is 743 g/mol. The van der Waals surface area contributed by atoms with Gasteiger partial charge < -0.3 is 9.13 Å². The second-order valence-corrected chi connectivity index (χ2v) is 15.0. The van der Waals surface area contributed by atoms with Gasteiger partial charge in [-0.2, -0.15) is 0 Å². The molecule has 0 atom stereocenters. The molecule has 0 aliphatic heterocycles. The number of aromatic nitrogens is 4. The summed E-state index contributed by atoms with van der Waals surface area (Å²) < 4.78 is 4.73. The zero-order chi connectivity index (χ0) is 38.4. The molecule has 0 spiro atoms. The molecule has 0 bridgehead atoms. The molecule has 4 heteroatoms. The Morgan fingerprint density at radius 1 is 0.310 bits per heavy atom. The molecule has 2 aromatic heterocycles. The highest BCUT2D eigenvalue weighted by Crippen LogP contribution is 2.45. The number of fused-ring (bicyclic) bond motifs is 4. The lowest BCUT2D eigenvalue weighted by Crippen LogP contribution is -2.03. The van der Waals surface area contributed by atoms with Crippen molar-refractivity contribution < 1.29 is 0 Å². The molecule has 0 amide bonds. The van der Waals surface area contributed by atoms with Gasteiger partial charge in [0.25, 0.3) is 0 Å². The lowest BCUT2D eigenvalue weighted by atomic mass is 9.84. The van der Waals surface area contributed by atoms with E-state index in [2.05, 4.69) is 215 Å². The van der Waals surface area contributed by atoms with Crippen LogP contribution in [0.2, 0.25) is 0 Å². The number of para-hydroxylation sites is 4. The Morgan fingerprint density at radius 3 is 1.05 bits per heavy atom. The summed E-state index contributed by atoms with van der Waals surface area (Å²) in [6, 6.07) is 73.9. The summed E-state index contributed by atoms with van der Waals surface area (Å²) in [6.45, 7) is 1.38. The van der Waals surface area contributed by atoms with Gasteiger partial charge in [-0.3, -0.25) is 0 Å². The lowest BCUT2D eigenvalue weighted by Gasteiger charge is -2.20. The second kappa shape index (κ2) is 14.2. The number of benzene rings is 9. The van der Waals surface area contributed by atoms with Crippen LogP contribution in [0.25, 0.3) is 88.6 Å². The van der Waals surface area contributed by atoms with Gasteiger partial charge >= 0.3 is 0 Å². The van der Waals surface area contributed by atoms with Gasteiger partial charge in [0.2, 0.25) is 0 Å². The fourth-order valence-electron chi connectivity index (χ4n) is 8.80. The maximum absolute atomic E-state index is 5.13. The highest BCUT2D eigenvalue weighted by Gasteiger charge is 2.20. The van der Waals surface area contributed by atoms with Crippen molar-refractivity contribution in [1.29, 1.82) is 0 Å². The van der Waals surface area contributed by atoms with Gasteiger partial charge in [0, 0.05) is 24.2 Å². The van der Waals surface area contributed by atoms with Gasteiger partial charge in [-0.25, -0.2) is 9.97 Å². The Labute approximate surface area is 337 Å². The first-order chi connectivity index (χ1) is 28.8. The Morgan fingerprint density at radius 2 is 0.655 bits per heavy atom. The predicted octanol–water partition coefficient (Wildman–Crippen LogP) is 13.5. The first-order valence-corrected chi connectivity index (χ1v) is 19.9. The van der Waals surface area contributed by atoms with Crippen LogP contribution in [0.1, 0.15) is 11.1 Å². The first kappa shape index (κ1) is 33.8. The lowest BCUT2D eigenvalue weighted by molar-refractivity contribution is 0.835. The van der Waals surface area contributed by atoms with Crippen LogP contribution < -0.4 is 0 Å². The molecule has 0 saturated carbocycles. The fraction of sp³-hybridized carbons (Fsp3) is 0.0370. The molecule has 0 saturated heterocycles. The molecule has 0 fully saturated rings. The number of rotatable bonds is 8. The molecular weight excluding hydrogens is 705 g/mol. The Kier molecular flexibility index (Phi) is 8.25. The van der Waals surface area contributed by atoms with E-state index in [0.29, 0.717) is 13.1 Å². The minimum Gasteiger partial charge on any atom is -0.319 e. The molecule has 9 aromatic carbocycles. The predicted molar refractivity (Wildman–Crippen MR) is 241 cm³/mol. The highest BCUT2D eigenvalue weighted by molar-refractivity contribution is 6.21. The minimum atomic E-state index is 0.690. The standard InChI is InChI=1S/C54H38N4/c1-5-17-39(18-6-1)51-43-31-29-38(36-58-50-28-16-14-26-48(50)56-54(58)42-23-11-4-12-24-42)34-46(43)52(40-19-7-2-8-20-40)44-32-30-37(33-45(44)51)35-57-49-27-15-13-25-47(49)55-53(57)41-21-9-3-10-22-41/h1-34H,35-36H2. The maximum atomic E-state index is 5.13. The maximum Gasteiger partial charge on any atom is 0.141 e. The molecule has 58 heavy (non-hydrogen) atoms. The van der Waals surface area contributed by atoms with Crippen LogP contribution in [0, 0.1) is 0 Å². The third-order valence-corrected chi connectivity index (χ3v) is 11.4. The summed E-state index contributed by atoms with van der Waals surface area (Å²) >= 11 is 0. The molecular formula is C54H38N4. The molecule has 0 unspecified atom stereocenters. The average Bonchev–Trinajstić information content (AvgIpc) is 3.85. The number of imidazole rings is 2. The van der Waals surface area contributed by atoms with Gasteiger partial charge in [-0.1, -0.05) is 170 Å². The first-order valence-electron chi connectivity index (χ1n) is 19.9. The van der Waals surface area contributed by atoms with E-state index >= 15 is 0 Å². The molecule has 4 nitrogen and oxygen atoms in total. The number of nitrogens with zero attached hydrogens (tertiary/aromatic N) is 4. The van der Waals surface area contributed by atoms with Crippen molar-refractivity contribution in [1.82, 2.24) is 19.1 Å². The quantitative estimate of drug-likeness (QED) is 0.145. The third kappa shape index (κ3) is 5.86. The van der Waals surface area contributed by atoms with Crippen LogP contribution >= 0.6 is 0 Å². The molecule has 11 aromatic rings. The Balaban J connectivity index is 1.13. The third-order valence-electron chi connectivity index (χ3n) is 11.4. The number of hydrogen-bond acceptors (Lipinski definition) is 2. The Hall–Kier alpha value is -7.56. The topological polar surface area (TPSA) is 35.6 Å². The highest BCUT2D eigenvalue weighted by atomic mass is 15.1. The molecule has 0 aliphatic rings. The van der Waals surface area contributed by atoms with Gasteiger partial charge in [0.1, 0.15) is 11.6 Å². The minimum absolute atomic E-state index is 0.690. The van der Waals surface area contributed by atoms with Crippen molar-refractivity contribution in [3.8, 4) is 45.0 Å². The fourth-order valence-corrected chi connectivity index (χ4v) is 8.80. The summed E-state index contributed by atoms with van der Waals surface area (Å²) in [5.74, 6) is 1.95. The molecule has 11 rings (SSSR count). The van der Waals surface area contributed by atoms with E-state index in [-0.39, 0.29) is 0 Å². The summed E-state index contributed by atoms with van der Waals surface area (Å²) in [5, 5.41) is 4.94. The molecule has 0 radical (unpaired) electrons. The zero-order valence-electron chi connectivity index (χ0n) is 31.8. The van der Waals surface area contributed by atoms with Crippen LogP contribution in [0.5, 0.6) is 0 Å². The van der Waals surface area contributed by atoms with Crippen LogP contribution in [0.3, 0.4) is 0 Å². The summed E-state index contributed by atoms with van der Waals surface area (Å²) in [5.41, 5.74) is 13.8. The monoisotopic (exact) mass is 742 g/mol.